The van der Waals surface area contributed by atoms with E-state index in [4.69, 9.17) is 0 Å². The van der Waals surface area contributed by atoms with Gasteiger partial charge in [-0.1, -0.05) is 0 Å². The number of carbonyl (C=O) groups excluding carboxylic acids is 1. The molecule has 1 N–H and O–H groups in total. The van der Waals surface area contributed by atoms with Crippen LogP contribution in [-0.2, 0) is 4.79 Å². The Kier molecular flexibility index (Phi) is 4.67. The first-order chi connectivity index (χ1) is 8.32. The van der Waals surface area contributed by atoms with Crippen LogP contribution in [-0.4, -0.2) is 48.5 Å². The molecule has 5 heteroatoms. The van der Waals surface area contributed by atoms with Gasteiger partial charge in [-0.05, 0) is 32.2 Å². The number of aromatic hydroxyl groups is 1. The van der Waals surface area contributed by atoms with Crippen LogP contribution in [0.1, 0.15) is 18.5 Å². The van der Waals surface area contributed by atoms with Gasteiger partial charge >= 0.3 is 0 Å². The lowest BCUT2D eigenvalue weighted by atomic mass is 10.1. The van der Waals surface area contributed by atoms with Crippen LogP contribution in [0.2, 0.25) is 0 Å². The Bertz CT molecular complexity index is 435. The number of benzene rings is 1. The predicted molar refractivity (Wildman–Crippen MR) is 67.8 cm³/mol. The molecule has 0 saturated heterocycles. The fraction of sp³-hybridized carbons (Fsp3) is 0.462. The van der Waals surface area contributed by atoms with E-state index in [1.165, 1.54) is 23.1 Å². The van der Waals surface area contributed by atoms with Crippen molar-refractivity contribution >= 4 is 5.91 Å². The number of phenols is 1. The summed E-state index contributed by atoms with van der Waals surface area (Å²) in [5.74, 6) is -0.407. The molecule has 0 aliphatic carbocycles. The largest absolute Gasteiger partial charge is 0.508 e. The first kappa shape index (κ1) is 14.4. The summed E-state index contributed by atoms with van der Waals surface area (Å²) in [6.45, 7) is 2.03. The van der Waals surface area contributed by atoms with E-state index in [0.29, 0.717) is 5.56 Å². The van der Waals surface area contributed by atoms with Crippen molar-refractivity contribution in [1.82, 2.24) is 9.80 Å². The van der Waals surface area contributed by atoms with E-state index in [1.54, 1.807) is 26.0 Å². The summed E-state index contributed by atoms with van der Waals surface area (Å²) in [5.41, 5.74) is 0.476. The van der Waals surface area contributed by atoms with Gasteiger partial charge in [-0.25, -0.2) is 4.39 Å². The van der Waals surface area contributed by atoms with E-state index in [9.17, 15) is 14.3 Å². The van der Waals surface area contributed by atoms with E-state index in [2.05, 4.69) is 0 Å². The molecule has 0 spiro atoms. The molecular weight excluding hydrogens is 235 g/mol. The van der Waals surface area contributed by atoms with E-state index in [1.807, 2.05) is 6.92 Å². The maximum absolute atomic E-state index is 13.2. The monoisotopic (exact) mass is 254 g/mol. The Morgan fingerprint density at radius 3 is 2.56 bits per heavy atom. The van der Waals surface area contributed by atoms with E-state index in [-0.39, 0.29) is 24.2 Å². The Morgan fingerprint density at radius 2 is 2.00 bits per heavy atom. The zero-order chi connectivity index (χ0) is 13.9. The molecule has 100 valence electrons. The van der Waals surface area contributed by atoms with Crippen molar-refractivity contribution < 1.29 is 14.3 Å². The third kappa shape index (κ3) is 3.43. The summed E-state index contributed by atoms with van der Waals surface area (Å²) in [6.07, 6.45) is 0. The summed E-state index contributed by atoms with van der Waals surface area (Å²) < 4.78 is 13.2. The molecule has 0 aromatic heterocycles. The summed E-state index contributed by atoms with van der Waals surface area (Å²) in [6, 6.07) is 3.57. The fourth-order valence-corrected chi connectivity index (χ4v) is 1.59. The molecule has 1 unspecified atom stereocenters. The van der Waals surface area contributed by atoms with E-state index >= 15 is 0 Å². The molecule has 1 aromatic rings. The highest BCUT2D eigenvalue weighted by Crippen LogP contribution is 2.28. The molecular formula is C13H19FN2O2. The van der Waals surface area contributed by atoms with Gasteiger partial charge < -0.3 is 10.0 Å². The van der Waals surface area contributed by atoms with Gasteiger partial charge in [-0.15, -0.1) is 0 Å². The molecule has 1 amide bonds. The second kappa shape index (κ2) is 5.82. The predicted octanol–water partition coefficient (Wildman–Crippen LogP) is 1.61. The maximum atomic E-state index is 13.2. The molecule has 0 saturated carbocycles. The summed E-state index contributed by atoms with van der Waals surface area (Å²) in [5, 5.41) is 9.71. The Hall–Kier alpha value is -1.62. The third-order valence-corrected chi connectivity index (χ3v) is 2.98. The van der Waals surface area contributed by atoms with Crippen LogP contribution >= 0.6 is 0 Å². The maximum Gasteiger partial charge on any atom is 0.236 e. The highest BCUT2D eigenvalue weighted by Gasteiger charge is 2.18. The molecule has 1 aromatic carbocycles. The molecule has 18 heavy (non-hydrogen) atoms. The van der Waals surface area contributed by atoms with Crippen molar-refractivity contribution in [2.45, 2.75) is 13.0 Å². The normalized spacial score (nSPS) is 12.6. The summed E-state index contributed by atoms with van der Waals surface area (Å²) >= 11 is 0. The lowest BCUT2D eigenvalue weighted by molar-refractivity contribution is -0.130. The molecule has 4 nitrogen and oxygen atoms in total. The second-order valence-electron chi connectivity index (χ2n) is 4.58. The average Bonchev–Trinajstić information content (AvgIpc) is 2.31. The van der Waals surface area contributed by atoms with Gasteiger partial charge in [-0.3, -0.25) is 9.69 Å². The van der Waals surface area contributed by atoms with Gasteiger partial charge in [0.2, 0.25) is 5.91 Å². The first-order valence-corrected chi connectivity index (χ1v) is 5.71. The number of likely N-dealkylation sites (N-methyl/N-ethyl adjacent to an activating group) is 2. The minimum atomic E-state index is -0.401. The van der Waals surface area contributed by atoms with Crippen molar-refractivity contribution in [2.24, 2.45) is 0 Å². The van der Waals surface area contributed by atoms with Crippen LogP contribution in [0, 0.1) is 5.82 Å². The molecule has 0 aliphatic heterocycles. The Labute approximate surface area is 107 Å². The quantitative estimate of drug-likeness (QED) is 0.887. The van der Waals surface area contributed by atoms with E-state index < -0.39 is 5.82 Å². The average molecular weight is 254 g/mol. The van der Waals surface area contributed by atoms with Crippen LogP contribution in [0.15, 0.2) is 18.2 Å². The minimum absolute atomic E-state index is 0.0352. The summed E-state index contributed by atoms with van der Waals surface area (Å²) in [4.78, 5) is 14.8. The molecule has 0 bridgehead atoms. The van der Waals surface area contributed by atoms with Crippen molar-refractivity contribution in [2.75, 3.05) is 27.7 Å². The zero-order valence-corrected chi connectivity index (χ0v) is 11.1. The highest BCUT2D eigenvalue weighted by atomic mass is 19.1. The molecule has 1 rings (SSSR count). The van der Waals surface area contributed by atoms with Crippen molar-refractivity contribution in [3.05, 3.63) is 29.6 Å². The van der Waals surface area contributed by atoms with Gasteiger partial charge in [0.15, 0.2) is 0 Å². The number of carbonyl (C=O) groups is 1. The van der Waals surface area contributed by atoms with Crippen LogP contribution in [0.5, 0.6) is 5.75 Å². The highest BCUT2D eigenvalue weighted by molar-refractivity contribution is 5.77. The molecule has 0 aliphatic rings. The molecule has 0 fully saturated rings. The minimum Gasteiger partial charge on any atom is -0.508 e. The summed E-state index contributed by atoms with van der Waals surface area (Å²) in [7, 11) is 5.12. The smallest absolute Gasteiger partial charge is 0.236 e. The van der Waals surface area contributed by atoms with Gasteiger partial charge in [0, 0.05) is 25.7 Å². The van der Waals surface area contributed by atoms with Crippen molar-refractivity contribution in [3.63, 3.8) is 0 Å². The standard InChI is InChI=1S/C13H19FN2O2/c1-9(16(4)8-13(18)15(2)3)11-7-10(14)5-6-12(11)17/h5-7,9,17H,8H2,1-4H3. The third-order valence-electron chi connectivity index (χ3n) is 2.98. The molecule has 0 heterocycles. The van der Waals surface area contributed by atoms with Crippen LogP contribution in [0.25, 0.3) is 0 Å². The number of nitrogens with zero attached hydrogens (tertiary/aromatic N) is 2. The Balaban J connectivity index is 2.83. The van der Waals surface area contributed by atoms with Gasteiger partial charge in [-0.2, -0.15) is 0 Å². The Morgan fingerprint density at radius 1 is 1.39 bits per heavy atom. The molecule has 0 radical (unpaired) electrons. The van der Waals surface area contributed by atoms with Gasteiger partial charge in [0.1, 0.15) is 11.6 Å². The SMILES string of the molecule is CC(c1cc(F)ccc1O)N(C)CC(=O)N(C)C. The number of hydrogen-bond donors (Lipinski definition) is 1. The first-order valence-electron chi connectivity index (χ1n) is 5.71. The second-order valence-corrected chi connectivity index (χ2v) is 4.58. The number of phenolic OH excluding ortho intramolecular Hbond substituents is 1. The topological polar surface area (TPSA) is 43.8 Å². The number of amides is 1. The van der Waals surface area contributed by atoms with Crippen LogP contribution in [0.3, 0.4) is 0 Å². The number of halogens is 1. The number of rotatable bonds is 4. The zero-order valence-electron chi connectivity index (χ0n) is 11.1. The van der Waals surface area contributed by atoms with E-state index in [0.717, 1.165) is 0 Å². The van der Waals surface area contributed by atoms with Crippen LogP contribution in [0.4, 0.5) is 4.39 Å². The van der Waals surface area contributed by atoms with Gasteiger partial charge in [0.05, 0.1) is 6.54 Å². The fourth-order valence-electron chi connectivity index (χ4n) is 1.59. The lowest BCUT2D eigenvalue weighted by Crippen LogP contribution is -2.35. The van der Waals surface area contributed by atoms with Crippen molar-refractivity contribution in [1.29, 1.82) is 0 Å². The van der Waals surface area contributed by atoms with Crippen molar-refractivity contribution in [3.8, 4) is 5.75 Å². The lowest BCUT2D eigenvalue weighted by Gasteiger charge is -2.26. The molecule has 1 atom stereocenters. The number of hydrogen-bond acceptors (Lipinski definition) is 3. The van der Waals surface area contributed by atoms with Crippen LogP contribution < -0.4 is 0 Å². The van der Waals surface area contributed by atoms with Gasteiger partial charge in [0.25, 0.3) is 0 Å².